The van der Waals surface area contributed by atoms with Crippen molar-refractivity contribution in [2.45, 2.75) is 39.3 Å². The third-order valence-electron chi connectivity index (χ3n) is 1.76. The fourth-order valence-corrected chi connectivity index (χ4v) is 1.45. The van der Waals surface area contributed by atoms with Crippen LogP contribution in [0.25, 0.3) is 0 Å². The van der Waals surface area contributed by atoms with Gasteiger partial charge in [-0.3, -0.25) is 9.36 Å². The van der Waals surface area contributed by atoms with E-state index in [1.165, 1.54) is 0 Å². The van der Waals surface area contributed by atoms with Crippen LogP contribution in [0.1, 0.15) is 33.6 Å². The van der Waals surface area contributed by atoms with Crippen LogP contribution in [0.5, 0.6) is 0 Å². The molecule has 0 fully saturated rings. The number of rotatable bonds is 4. The Morgan fingerprint density at radius 3 is 2.25 bits per heavy atom. The largest absolute Gasteiger partial charge is 0.481 e. The molecule has 12 heavy (non-hydrogen) atoms. The van der Waals surface area contributed by atoms with E-state index in [0.717, 1.165) is 0 Å². The van der Waals surface area contributed by atoms with Crippen LogP contribution < -0.4 is 0 Å². The van der Waals surface area contributed by atoms with Crippen molar-refractivity contribution >= 4 is 14.4 Å². The molecule has 0 radical (unpaired) electrons. The molecule has 0 heterocycles. The molecule has 3 nitrogen and oxygen atoms in total. The van der Waals surface area contributed by atoms with E-state index in [0.29, 0.717) is 6.42 Å². The lowest BCUT2D eigenvalue weighted by molar-refractivity contribution is -0.137. The molecule has 0 bridgehead atoms. The molecule has 0 spiro atoms. The molecule has 0 aliphatic heterocycles. The maximum absolute atomic E-state index is 10.7. The van der Waals surface area contributed by atoms with Gasteiger partial charge in [-0.15, -0.1) is 0 Å². The van der Waals surface area contributed by atoms with E-state index in [4.69, 9.17) is 5.11 Å². The molecular weight excluding hydrogens is 175 g/mol. The summed E-state index contributed by atoms with van der Waals surface area (Å²) in [5.41, 5.74) is -0.146. The van der Waals surface area contributed by atoms with Crippen LogP contribution in [0, 0.1) is 5.41 Å². The van der Waals surface area contributed by atoms with Crippen LogP contribution in [-0.2, 0) is 9.36 Å². The predicted octanol–water partition coefficient (Wildman–Crippen LogP) is 2.56. The number of hydrogen-bond acceptors (Lipinski definition) is 2. The standard InChI is InChI=1S/C8H15O3P/c1-8(2,3)6(12-11)4-5-7(9)10/h6H,4-5H2,1-3H3,(H,9,10). The molecule has 0 aromatic heterocycles. The normalized spacial score (nSPS) is 14.6. The molecule has 0 aromatic carbocycles. The molecular formula is C8H15O3P. The molecule has 0 saturated carbocycles. The van der Waals surface area contributed by atoms with Crippen LogP contribution in [0.4, 0.5) is 0 Å². The molecule has 70 valence electrons. The zero-order valence-electron chi connectivity index (χ0n) is 7.70. The van der Waals surface area contributed by atoms with Gasteiger partial charge in [0.15, 0.2) is 8.46 Å². The monoisotopic (exact) mass is 190 g/mol. The van der Waals surface area contributed by atoms with Gasteiger partial charge in [-0.25, -0.2) is 0 Å². The fraction of sp³-hybridized carbons (Fsp3) is 0.875. The highest BCUT2D eigenvalue weighted by atomic mass is 31.1. The number of carboxylic acid groups (broad SMARTS) is 1. The first-order valence-corrected chi connectivity index (χ1v) is 4.80. The van der Waals surface area contributed by atoms with Crippen molar-refractivity contribution in [3.63, 3.8) is 0 Å². The molecule has 0 aliphatic rings. The van der Waals surface area contributed by atoms with Gasteiger partial charge in [0.1, 0.15) is 0 Å². The molecule has 1 atom stereocenters. The Balaban J connectivity index is 4.01. The number of hydrogen-bond donors (Lipinski definition) is 1. The van der Waals surface area contributed by atoms with Gasteiger partial charge in [0.05, 0.1) is 0 Å². The van der Waals surface area contributed by atoms with Gasteiger partial charge in [-0.05, 0) is 11.8 Å². The van der Waals surface area contributed by atoms with Gasteiger partial charge >= 0.3 is 5.97 Å². The quantitative estimate of drug-likeness (QED) is 0.693. The second-order valence-electron chi connectivity index (χ2n) is 3.92. The highest BCUT2D eigenvalue weighted by Crippen LogP contribution is 2.32. The van der Waals surface area contributed by atoms with Crippen molar-refractivity contribution in [1.82, 2.24) is 0 Å². The van der Waals surface area contributed by atoms with Gasteiger partial charge in [-0.2, -0.15) is 0 Å². The van der Waals surface area contributed by atoms with E-state index >= 15 is 0 Å². The molecule has 0 rings (SSSR count). The first-order valence-electron chi connectivity index (χ1n) is 3.92. The summed E-state index contributed by atoms with van der Waals surface area (Å²) >= 11 is 0. The van der Waals surface area contributed by atoms with Crippen LogP contribution in [0.15, 0.2) is 0 Å². The summed E-state index contributed by atoms with van der Waals surface area (Å²) in [5.74, 6) is -0.826. The lowest BCUT2D eigenvalue weighted by Crippen LogP contribution is -2.21. The van der Waals surface area contributed by atoms with Gasteiger partial charge in [0.25, 0.3) is 0 Å². The summed E-state index contributed by atoms with van der Waals surface area (Å²) < 4.78 is 10.7. The minimum Gasteiger partial charge on any atom is -0.481 e. The van der Waals surface area contributed by atoms with Gasteiger partial charge in [0, 0.05) is 12.1 Å². The van der Waals surface area contributed by atoms with E-state index in [1.807, 2.05) is 20.8 Å². The van der Waals surface area contributed by atoms with E-state index in [2.05, 4.69) is 0 Å². The van der Waals surface area contributed by atoms with Crippen LogP contribution in [0.2, 0.25) is 0 Å². The SMILES string of the molecule is CC(C)(C)C(CCC(=O)O)P=O. The van der Waals surface area contributed by atoms with E-state index in [9.17, 15) is 9.36 Å². The van der Waals surface area contributed by atoms with Crippen molar-refractivity contribution in [3.05, 3.63) is 0 Å². The third-order valence-corrected chi connectivity index (χ3v) is 3.05. The number of carboxylic acids is 1. The molecule has 0 amide bonds. The summed E-state index contributed by atoms with van der Waals surface area (Å²) in [6, 6.07) is 0. The zero-order chi connectivity index (χ0) is 9.78. The van der Waals surface area contributed by atoms with Gasteiger partial charge in [0.2, 0.25) is 0 Å². The summed E-state index contributed by atoms with van der Waals surface area (Å²) in [6.07, 6.45) is 0.571. The summed E-state index contributed by atoms with van der Waals surface area (Å²) in [6.45, 7) is 5.89. The predicted molar refractivity (Wildman–Crippen MR) is 47.7 cm³/mol. The topological polar surface area (TPSA) is 54.4 Å². The minimum absolute atomic E-state index is 0.0460. The van der Waals surface area contributed by atoms with Crippen LogP contribution in [-0.4, -0.2) is 16.7 Å². The first kappa shape index (κ1) is 11.6. The van der Waals surface area contributed by atoms with Gasteiger partial charge < -0.3 is 5.11 Å². The smallest absolute Gasteiger partial charge is 0.303 e. The average Bonchev–Trinajstić information content (AvgIpc) is 1.85. The summed E-state index contributed by atoms with van der Waals surface area (Å²) in [5, 5.41) is 8.42. The van der Waals surface area contributed by atoms with Crippen molar-refractivity contribution < 1.29 is 14.5 Å². The molecule has 0 aromatic rings. The fourth-order valence-electron chi connectivity index (χ4n) is 0.904. The molecule has 4 heteroatoms. The van der Waals surface area contributed by atoms with Crippen molar-refractivity contribution in [3.8, 4) is 0 Å². The highest BCUT2D eigenvalue weighted by molar-refractivity contribution is 7.24. The van der Waals surface area contributed by atoms with Gasteiger partial charge in [-0.1, -0.05) is 20.8 Å². The number of carbonyl (C=O) groups is 1. The number of aliphatic carboxylic acids is 1. The second kappa shape index (κ2) is 4.56. The molecule has 1 N–H and O–H groups in total. The Morgan fingerprint density at radius 1 is 1.50 bits per heavy atom. The Kier molecular flexibility index (Phi) is 4.40. The average molecular weight is 190 g/mol. The van der Waals surface area contributed by atoms with E-state index < -0.39 is 5.97 Å². The minimum atomic E-state index is -0.826. The zero-order valence-corrected chi connectivity index (χ0v) is 8.60. The highest BCUT2D eigenvalue weighted by Gasteiger charge is 2.25. The maximum atomic E-state index is 10.7. The summed E-state index contributed by atoms with van der Waals surface area (Å²) in [7, 11) is 0.0460. The Morgan fingerprint density at radius 2 is 2.00 bits per heavy atom. The second-order valence-corrected chi connectivity index (χ2v) is 4.75. The Bertz CT molecular complexity index is 172. The lowest BCUT2D eigenvalue weighted by Gasteiger charge is -2.24. The van der Waals surface area contributed by atoms with E-state index in [1.54, 1.807) is 0 Å². The van der Waals surface area contributed by atoms with Crippen LogP contribution in [0.3, 0.4) is 0 Å². The summed E-state index contributed by atoms with van der Waals surface area (Å²) in [4.78, 5) is 10.2. The Labute approximate surface area is 74.4 Å². The first-order chi connectivity index (χ1) is 5.38. The van der Waals surface area contributed by atoms with Crippen molar-refractivity contribution in [1.29, 1.82) is 0 Å². The maximum Gasteiger partial charge on any atom is 0.303 e. The van der Waals surface area contributed by atoms with Crippen LogP contribution >= 0.6 is 8.46 Å². The molecule has 0 aliphatic carbocycles. The molecule has 1 unspecified atom stereocenters. The third kappa shape index (κ3) is 4.45. The van der Waals surface area contributed by atoms with E-state index in [-0.39, 0.29) is 26.0 Å². The van der Waals surface area contributed by atoms with Crippen molar-refractivity contribution in [2.24, 2.45) is 5.41 Å². The lowest BCUT2D eigenvalue weighted by atomic mass is 9.89. The Hall–Kier alpha value is -0.430. The van der Waals surface area contributed by atoms with Crippen molar-refractivity contribution in [2.75, 3.05) is 0 Å². The molecule has 0 saturated heterocycles.